The molecule has 0 bridgehead atoms. The van der Waals surface area contributed by atoms with Gasteiger partial charge in [0.05, 0.1) is 10.1 Å². The molecule has 2 N–H and O–H groups in total. The van der Waals surface area contributed by atoms with Crippen LogP contribution in [-0.2, 0) is 9.84 Å². The quantitative estimate of drug-likeness (QED) is 0.842. The minimum absolute atomic E-state index is 0. The van der Waals surface area contributed by atoms with Gasteiger partial charge in [-0.1, -0.05) is 0 Å². The molecular weight excluding hydrogens is 336 g/mol. The van der Waals surface area contributed by atoms with Crippen LogP contribution in [0.15, 0.2) is 29.2 Å². The van der Waals surface area contributed by atoms with Crippen molar-refractivity contribution in [3.63, 3.8) is 0 Å². The van der Waals surface area contributed by atoms with Gasteiger partial charge in [0.1, 0.15) is 0 Å². The highest BCUT2D eigenvalue weighted by atomic mass is 35.5. The monoisotopic (exact) mass is 360 g/mol. The van der Waals surface area contributed by atoms with Gasteiger partial charge in [-0.15, -0.1) is 12.4 Å². The van der Waals surface area contributed by atoms with Crippen molar-refractivity contribution in [3.05, 3.63) is 29.8 Å². The molecule has 7 heteroatoms. The van der Waals surface area contributed by atoms with Crippen LogP contribution >= 0.6 is 12.4 Å². The molecule has 1 fully saturated rings. The number of hydrogen-bond donors (Lipinski definition) is 2. The average molecular weight is 361 g/mol. The summed E-state index contributed by atoms with van der Waals surface area (Å²) in [5, 5.41) is 5.77. The molecule has 1 saturated heterocycles. The molecule has 1 atom stereocenters. The van der Waals surface area contributed by atoms with Crippen molar-refractivity contribution in [2.75, 3.05) is 19.6 Å². The number of piperidine rings is 1. The van der Waals surface area contributed by atoms with Crippen molar-refractivity contribution in [2.24, 2.45) is 5.92 Å². The van der Waals surface area contributed by atoms with Crippen molar-refractivity contribution in [3.8, 4) is 0 Å². The summed E-state index contributed by atoms with van der Waals surface area (Å²) in [6.07, 6.45) is 2.27. The minimum Gasteiger partial charge on any atom is -0.352 e. The molecule has 0 aromatic heterocycles. The van der Waals surface area contributed by atoms with E-state index in [1.807, 2.05) is 0 Å². The lowest BCUT2D eigenvalue weighted by molar-refractivity contribution is 0.0944. The van der Waals surface area contributed by atoms with Crippen molar-refractivity contribution in [1.82, 2.24) is 10.6 Å². The second-order valence-corrected chi connectivity index (χ2v) is 8.54. The second-order valence-electron chi connectivity index (χ2n) is 6.04. The van der Waals surface area contributed by atoms with Gasteiger partial charge >= 0.3 is 0 Å². The van der Waals surface area contributed by atoms with Gasteiger partial charge in [-0.2, -0.15) is 0 Å². The fourth-order valence-electron chi connectivity index (χ4n) is 2.51. The summed E-state index contributed by atoms with van der Waals surface area (Å²) >= 11 is 0. The number of benzene rings is 1. The number of sulfone groups is 1. The number of nitrogens with one attached hydrogen (secondary N) is 2. The molecule has 1 aromatic rings. The normalized spacial score (nSPS) is 18.3. The van der Waals surface area contributed by atoms with E-state index in [-0.39, 0.29) is 23.2 Å². The van der Waals surface area contributed by atoms with Crippen LogP contribution in [0.3, 0.4) is 0 Å². The maximum Gasteiger partial charge on any atom is 0.251 e. The molecule has 0 aliphatic carbocycles. The van der Waals surface area contributed by atoms with Gasteiger partial charge in [-0.05, 0) is 70.0 Å². The zero-order chi connectivity index (χ0) is 16.2. The largest absolute Gasteiger partial charge is 0.352 e. The Bertz CT molecular complexity index is 609. The summed E-state index contributed by atoms with van der Waals surface area (Å²) in [4.78, 5) is 12.4. The third-order valence-corrected chi connectivity index (χ3v) is 6.19. The molecule has 23 heavy (non-hydrogen) atoms. The van der Waals surface area contributed by atoms with Gasteiger partial charge in [-0.25, -0.2) is 8.42 Å². The van der Waals surface area contributed by atoms with Crippen LogP contribution in [0.25, 0.3) is 0 Å². The Hall–Kier alpha value is -1.11. The van der Waals surface area contributed by atoms with Crippen LogP contribution in [0.5, 0.6) is 0 Å². The second kappa shape index (κ2) is 8.66. The summed E-state index contributed by atoms with van der Waals surface area (Å²) in [7, 11) is -3.29. The predicted octanol–water partition coefficient (Wildman–Crippen LogP) is 2.02. The summed E-state index contributed by atoms with van der Waals surface area (Å²) in [6.45, 7) is 5.93. The van der Waals surface area contributed by atoms with E-state index >= 15 is 0 Å². The number of hydrogen-bond acceptors (Lipinski definition) is 4. The number of carbonyl (C=O) groups is 1. The maximum absolute atomic E-state index is 12.1. The zero-order valence-electron chi connectivity index (χ0n) is 13.5. The highest BCUT2D eigenvalue weighted by Crippen LogP contribution is 2.16. The van der Waals surface area contributed by atoms with Crippen LogP contribution in [0.4, 0.5) is 0 Å². The van der Waals surface area contributed by atoms with Gasteiger partial charge in [0.2, 0.25) is 0 Å². The number of rotatable bonds is 5. The Morgan fingerprint density at radius 2 is 1.96 bits per heavy atom. The molecule has 2 rings (SSSR count). The predicted molar refractivity (Wildman–Crippen MR) is 93.9 cm³/mol. The summed E-state index contributed by atoms with van der Waals surface area (Å²) in [6, 6.07) is 6.16. The number of halogens is 1. The molecular formula is C16H25ClN2O3S. The summed E-state index contributed by atoms with van der Waals surface area (Å²) in [5.74, 6) is 0.317. The lowest BCUT2D eigenvalue weighted by Gasteiger charge is -2.22. The van der Waals surface area contributed by atoms with Gasteiger partial charge in [0, 0.05) is 12.1 Å². The van der Waals surface area contributed by atoms with Gasteiger partial charge in [0.25, 0.3) is 5.91 Å². The van der Waals surface area contributed by atoms with Crippen LogP contribution in [-0.4, -0.2) is 39.2 Å². The fraction of sp³-hybridized carbons (Fsp3) is 0.562. The summed E-state index contributed by atoms with van der Waals surface area (Å²) < 4.78 is 24.1. The Kier molecular flexibility index (Phi) is 7.51. The van der Waals surface area contributed by atoms with Crippen molar-refractivity contribution >= 4 is 28.2 Å². The lowest BCUT2D eigenvalue weighted by Crippen LogP contribution is -2.38. The molecule has 1 unspecified atom stereocenters. The van der Waals surface area contributed by atoms with E-state index in [1.54, 1.807) is 26.0 Å². The Morgan fingerprint density at radius 3 is 2.48 bits per heavy atom. The molecule has 0 saturated carbocycles. The Balaban J connectivity index is 0.00000264. The average Bonchev–Trinajstić information content (AvgIpc) is 2.53. The zero-order valence-corrected chi connectivity index (χ0v) is 15.2. The van der Waals surface area contributed by atoms with E-state index in [0.29, 0.717) is 18.0 Å². The van der Waals surface area contributed by atoms with E-state index in [0.717, 1.165) is 25.9 Å². The smallest absolute Gasteiger partial charge is 0.251 e. The minimum atomic E-state index is -3.29. The van der Waals surface area contributed by atoms with Crippen LogP contribution < -0.4 is 10.6 Å². The first-order valence-electron chi connectivity index (χ1n) is 7.74. The van der Waals surface area contributed by atoms with Gasteiger partial charge in [0.15, 0.2) is 9.84 Å². The van der Waals surface area contributed by atoms with E-state index in [9.17, 15) is 13.2 Å². The highest BCUT2D eigenvalue weighted by molar-refractivity contribution is 7.92. The molecule has 0 radical (unpaired) electrons. The molecule has 1 heterocycles. The number of carbonyl (C=O) groups excluding carboxylic acids is 1. The van der Waals surface area contributed by atoms with Crippen LogP contribution in [0.2, 0.25) is 0 Å². The van der Waals surface area contributed by atoms with E-state index in [4.69, 9.17) is 0 Å². The highest BCUT2D eigenvalue weighted by Gasteiger charge is 2.19. The molecule has 1 aliphatic rings. The first-order chi connectivity index (χ1) is 10.4. The third-order valence-electron chi connectivity index (χ3n) is 4.02. The van der Waals surface area contributed by atoms with E-state index in [1.165, 1.54) is 12.1 Å². The van der Waals surface area contributed by atoms with Crippen molar-refractivity contribution in [1.29, 1.82) is 0 Å². The first-order valence-corrected chi connectivity index (χ1v) is 9.29. The SMILES string of the molecule is CC(C)S(=O)(=O)c1ccc(C(=O)NCC2CCCNC2)cc1.Cl. The van der Waals surface area contributed by atoms with Crippen LogP contribution in [0.1, 0.15) is 37.0 Å². The first kappa shape index (κ1) is 19.9. The maximum atomic E-state index is 12.1. The van der Waals surface area contributed by atoms with Gasteiger partial charge in [-0.3, -0.25) is 4.79 Å². The Labute approximate surface area is 144 Å². The van der Waals surface area contributed by atoms with E-state index < -0.39 is 15.1 Å². The Morgan fingerprint density at radius 1 is 1.30 bits per heavy atom. The topological polar surface area (TPSA) is 75.3 Å². The third kappa shape index (κ3) is 5.19. The molecule has 130 valence electrons. The standard InChI is InChI=1S/C16H24N2O3S.ClH/c1-12(2)22(20,21)15-7-5-14(6-8-15)16(19)18-11-13-4-3-9-17-10-13;/h5-8,12-13,17H,3-4,9-11H2,1-2H3,(H,18,19);1H. The van der Waals surface area contributed by atoms with Gasteiger partial charge < -0.3 is 10.6 Å². The molecule has 1 aliphatic heterocycles. The van der Waals surface area contributed by atoms with Crippen molar-refractivity contribution in [2.45, 2.75) is 36.8 Å². The molecule has 5 nitrogen and oxygen atoms in total. The van der Waals surface area contributed by atoms with E-state index in [2.05, 4.69) is 10.6 Å². The number of amides is 1. The fourth-order valence-corrected chi connectivity index (χ4v) is 3.57. The molecule has 1 amide bonds. The summed E-state index contributed by atoms with van der Waals surface area (Å²) in [5.41, 5.74) is 0.492. The molecule has 0 spiro atoms. The molecule has 1 aromatic carbocycles. The lowest BCUT2D eigenvalue weighted by atomic mass is 10.00. The van der Waals surface area contributed by atoms with Crippen molar-refractivity contribution < 1.29 is 13.2 Å². The van der Waals surface area contributed by atoms with Crippen LogP contribution in [0, 0.1) is 5.92 Å².